The number of nitrogens with two attached hydrogens (primary N) is 1. The average Bonchev–Trinajstić information content (AvgIpc) is 2.76. The largest absolute Gasteiger partial charge is 0.358 e. The van der Waals surface area contributed by atoms with E-state index in [-0.39, 0.29) is 0 Å². The fourth-order valence-corrected chi connectivity index (χ4v) is 2.38. The molecule has 3 N–H and O–H groups in total. The van der Waals surface area contributed by atoms with Gasteiger partial charge in [-0.1, -0.05) is 18.2 Å². The Balaban J connectivity index is 2.10. The first kappa shape index (κ1) is 11.9. The van der Waals surface area contributed by atoms with Gasteiger partial charge in [-0.25, -0.2) is 0 Å². The van der Waals surface area contributed by atoms with Crippen LogP contribution in [0.2, 0.25) is 0 Å². The number of aromatic amines is 1. The number of aromatic nitrogens is 3. The molecule has 1 aromatic carbocycles. The quantitative estimate of drug-likeness (QED) is 0.752. The van der Waals surface area contributed by atoms with Gasteiger partial charge in [0.1, 0.15) is 0 Å². The standard InChI is InChI=1S/C15H16N4/c1-10-15(12-4-2-3-5-13(12)17-10)14-7-6-11(8-9-16)18-19-14/h2-7,17H,8-9,16H2,1H3. The second kappa shape index (κ2) is 4.82. The van der Waals surface area contributed by atoms with Gasteiger partial charge in [-0.15, -0.1) is 0 Å². The summed E-state index contributed by atoms with van der Waals surface area (Å²) in [5.74, 6) is 0. The molecule has 3 rings (SSSR count). The molecule has 2 heterocycles. The lowest BCUT2D eigenvalue weighted by molar-refractivity contribution is 0.869. The molecule has 4 nitrogen and oxygen atoms in total. The maximum Gasteiger partial charge on any atom is 0.0954 e. The highest BCUT2D eigenvalue weighted by molar-refractivity contribution is 5.96. The maximum atomic E-state index is 5.52. The summed E-state index contributed by atoms with van der Waals surface area (Å²) < 4.78 is 0. The van der Waals surface area contributed by atoms with Crippen molar-refractivity contribution >= 4 is 10.9 Å². The molecule has 0 aliphatic heterocycles. The van der Waals surface area contributed by atoms with Crippen LogP contribution >= 0.6 is 0 Å². The first-order chi connectivity index (χ1) is 9.29. The lowest BCUT2D eigenvalue weighted by atomic mass is 10.1. The van der Waals surface area contributed by atoms with Crippen molar-refractivity contribution in [2.45, 2.75) is 13.3 Å². The van der Waals surface area contributed by atoms with Crippen molar-refractivity contribution in [2.24, 2.45) is 5.73 Å². The Morgan fingerprint density at radius 2 is 1.95 bits per heavy atom. The topological polar surface area (TPSA) is 67.6 Å². The van der Waals surface area contributed by atoms with Gasteiger partial charge in [-0.3, -0.25) is 0 Å². The molecule has 0 fully saturated rings. The highest BCUT2D eigenvalue weighted by Crippen LogP contribution is 2.30. The Bertz CT molecular complexity index is 698. The van der Waals surface area contributed by atoms with Crippen molar-refractivity contribution in [1.29, 1.82) is 0 Å². The van der Waals surface area contributed by atoms with Crippen LogP contribution in [-0.2, 0) is 6.42 Å². The number of rotatable bonds is 3. The Kier molecular flexibility index (Phi) is 3.01. The number of hydrogen-bond donors (Lipinski definition) is 2. The number of fused-ring (bicyclic) bond motifs is 1. The summed E-state index contributed by atoms with van der Waals surface area (Å²) in [6.07, 6.45) is 0.764. The molecule has 0 amide bonds. The van der Waals surface area contributed by atoms with Gasteiger partial charge in [-0.05, 0) is 31.7 Å². The van der Waals surface area contributed by atoms with E-state index in [2.05, 4.69) is 34.2 Å². The number of nitrogens with zero attached hydrogens (tertiary/aromatic N) is 2. The molecule has 0 bridgehead atoms. The van der Waals surface area contributed by atoms with Crippen molar-refractivity contribution in [3.05, 3.63) is 47.8 Å². The summed E-state index contributed by atoms with van der Waals surface area (Å²) in [6, 6.07) is 12.2. The van der Waals surface area contributed by atoms with Crippen LogP contribution in [0.5, 0.6) is 0 Å². The van der Waals surface area contributed by atoms with E-state index < -0.39 is 0 Å². The molecule has 19 heavy (non-hydrogen) atoms. The van der Waals surface area contributed by atoms with E-state index in [0.29, 0.717) is 6.54 Å². The first-order valence-corrected chi connectivity index (χ1v) is 6.40. The molecule has 0 saturated heterocycles. The van der Waals surface area contributed by atoms with Crippen LogP contribution in [-0.4, -0.2) is 21.7 Å². The lowest BCUT2D eigenvalue weighted by Gasteiger charge is -2.02. The molecule has 0 aliphatic rings. The summed E-state index contributed by atoms with van der Waals surface area (Å²) in [7, 11) is 0. The molecule has 2 aromatic heterocycles. The number of nitrogens with one attached hydrogen (secondary N) is 1. The average molecular weight is 252 g/mol. The normalized spacial score (nSPS) is 11.1. The predicted molar refractivity (Wildman–Crippen MR) is 76.8 cm³/mol. The zero-order chi connectivity index (χ0) is 13.2. The molecule has 0 atom stereocenters. The minimum Gasteiger partial charge on any atom is -0.358 e. The number of hydrogen-bond acceptors (Lipinski definition) is 3. The molecule has 4 heteroatoms. The number of benzene rings is 1. The zero-order valence-electron chi connectivity index (χ0n) is 10.9. The Morgan fingerprint density at radius 1 is 1.11 bits per heavy atom. The van der Waals surface area contributed by atoms with Gasteiger partial charge < -0.3 is 10.7 Å². The van der Waals surface area contributed by atoms with Crippen LogP contribution in [0.1, 0.15) is 11.4 Å². The molecular weight excluding hydrogens is 236 g/mol. The number of aryl methyl sites for hydroxylation is 1. The smallest absolute Gasteiger partial charge is 0.0954 e. The Labute approximate surface area is 111 Å². The van der Waals surface area contributed by atoms with Crippen molar-refractivity contribution < 1.29 is 0 Å². The van der Waals surface area contributed by atoms with Gasteiger partial charge in [0.25, 0.3) is 0 Å². The van der Waals surface area contributed by atoms with Gasteiger partial charge in [0.15, 0.2) is 0 Å². The van der Waals surface area contributed by atoms with E-state index in [1.165, 1.54) is 5.39 Å². The van der Waals surface area contributed by atoms with Crippen molar-refractivity contribution in [3.63, 3.8) is 0 Å². The minimum atomic E-state index is 0.597. The van der Waals surface area contributed by atoms with Crippen molar-refractivity contribution in [2.75, 3.05) is 6.54 Å². The monoisotopic (exact) mass is 252 g/mol. The SMILES string of the molecule is Cc1[nH]c2ccccc2c1-c1ccc(CCN)nn1. The van der Waals surface area contributed by atoms with E-state index in [1.807, 2.05) is 24.3 Å². The Hall–Kier alpha value is -2.20. The summed E-state index contributed by atoms with van der Waals surface area (Å²) in [4.78, 5) is 3.38. The lowest BCUT2D eigenvalue weighted by Crippen LogP contribution is -2.05. The molecule has 0 radical (unpaired) electrons. The second-order valence-corrected chi connectivity index (χ2v) is 4.62. The Morgan fingerprint density at radius 3 is 2.68 bits per heavy atom. The molecule has 0 spiro atoms. The van der Waals surface area contributed by atoms with Gasteiger partial charge in [0, 0.05) is 28.6 Å². The van der Waals surface area contributed by atoms with Crippen LogP contribution in [0.15, 0.2) is 36.4 Å². The number of H-pyrrole nitrogens is 1. The van der Waals surface area contributed by atoms with Gasteiger partial charge in [0.05, 0.1) is 11.4 Å². The summed E-state index contributed by atoms with van der Waals surface area (Å²) in [6.45, 7) is 2.66. The van der Waals surface area contributed by atoms with Gasteiger partial charge in [-0.2, -0.15) is 10.2 Å². The molecular formula is C15H16N4. The molecule has 0 unspecified atom stereocenters. The van der Waals surface area contributed by atoms with E-state index in [0.717, 1.165) is 34.6 Å². The third-order valence-electron chi connectivity index (χ3n) is 3.27. The zero-order valence-corrected chi connectivity index (χ0v) is 10.9. The van der Waals surface area contributed by atoms with E-state index in [4.69, 9.17) is 5.73 Å². The third kappa shape index (κ3) is 2.11. The van der Waals surface area contributed by atoms with E-state index in [1.54, 1.807) is 0 Å². The van der Waals surface area contributed by atoms with Gasteiger partial charge >= 0.3 is 0 Å². The maximum absolute atomic E-state index is 5.52. The molecule has 0 saturated carbocycles. The van der Waals surface area contributed by atoms with Crippen molar-refractivity contribution in [1.82, 2.24) is 15.2 Å². The van der Waals surface area contributed by atoms with Crippen LogP contribution < -0.4 is 5.73 Å². The highest BCUT2D eigenvalue weighted by Gasteiger charge is 2.11. The molecule has 96 valence electrons. The van der Waals surface area contributed by atoms with Gasteiger partial charge in [0.2, 0.25) is 0 Å². The van der Waals surface area contributed by atoms with Crippen molar-refractivity contribution in [3.8, 4) is 11.3 Å². The summed E-state index contributed by atoms with van der Waals surface area (Å²) >= 11 is 0. The molecule has 0 aliphatic carbocycles. The fourth-order valence-electron chi connectivity index (χ4n) is 2.38. The van der Waals surface area contributed by atoms with E-state index in [9.17, 15) is 0 Å². The third-order valence-corrected chi connectivity index (χ3v) is 3.27. The number of para-hydroxylation sites is 1. The predicted octanol–water partition coefficient (Wildman–Crippen LogP) is 2.43. The highest BCUT2D eigenvalue weighted by atomic mass is 15.1. The second-order valence-electron chi connectivity index (χ2n) is 4.62. The summed E-state index contributed by atoms with van der Waals surface area (Å²) in [5.41, 5.74) is 10.7. The van der Waals surface area contributed by atoms with Crippen LogP contribution in [0.4, 0.5) is 0 Å². The first-order valence-electron chi connectivity index (χ1n) is 6.40. The van der Waals surface area contributed by atoms with E-state index >= 15 is 0 Å². The van der Waals surface area contributed by atoms with Crippen LogP contribution in [0.25, 0.3) is 22.2 Å². The molecule has 3 aromatic rings. The van der Waals surface area contributed by atoms with Crippen LogP contribution in [0, 0.1) is 6.92 Å². The summed E-state index contributed by atoms with van der Waals surface area (Å²) in [5, 5.41) is 9.73. The minimum absolute atomic E-state index is 0.597. The van der Waals surface area contributed by atoms with Crippen LogP contribution in [0.3, 0.4) is 0 Å². The fraction of sp³-hybridized carbons (Fsp3) is 0.200.